The van der Waals surface area contributed by atoms with Crippen LogP contribution in [-0.4, -0.2) is 36.2 Å². The molecule has 0 radical (unpaired) electrons. The number of amides is 1. The lowest BCUT2D eigenvalue weighted by Gasteiger charge is -2.27. The third-order valence-corrected chi connectivity index (χ3v) is 2.23. The smallest absolute Gasteiger partial charge is 0.414 e. The van der Waals surface area contributed by atoms with Crippen LogP contribution in [-0.2, 0) is 14.3 Å². The number of methoxy groups -OCH3 is 1. The maximum absolute atomic E-state index is 11.8. The summed E-state index contributed by atoms with van der Waals surface area (Å²) in [7, 11) is 1.33. The van der Waals surface area contributed by atoms with Gasteiger partial charge in [-0.3, -0.25) is 4.90 Å². The summed E-state index contributed by atoms with van der Waals surface area (Å²) in [5.41, 5.74) is -0.0297. The molecule has 1 heterocycles. The van der Waals surface area contributed by atoms with Gasteiger partial charge in [-0.15, -0.1) is 0 Å². The number of esters is 1. The average molecular weight is 241 g/mol. The molecule has 0 unspecified atom stereocenters. The molecular formula is C12H19NO4. The van der Waals surface area contributed by atoms with E-state index in [1.54, 1.807) is 20.8 Å². The van der Waals surface area contributed by atoms with Crippen LogP contribution in [0.15, 0.2) is 11.8 Å². The van der Waals surface area contributed by atoms with Crippen molar-refractivity contribution in [2.45, 2.75) is 39.2 Å². The number of rotatable bonds is 1. The maximum Gasteiger partial charge on any atom is 0.414 e. The number of ether oxygens (including phenoxy) is 2. The zero-order valence-corrected chi connectivity index (χ0v) is 10.8. The SMILES string of the molecule is COC(=O)C1=CN(C(=O)OC(C)(C)C)CCC1. The Balaban J connectivity index is 2.72. The Labute approximate surface area is 101 Å². The zero-order valence-electron chi connectivity index (χ0n) is 10.8. The fourth-order valence-corrected chi connectivity index (χ4v) is 1.51. The Morgan fingerprint density at radius 3 is 2.53 bits per heavy atom. The monoisotopic (exact) mass is 241 g/mol. The number of hydrogen-bond donors (Lipinski definition) is 0. The molecule has 0 fully saturated rings. The second-order valence-electron chi connectivity index (χ2n) is 4.92. The first-order valence-electron chi connectivity index (χ1n) is 5.62. The second-order valence-corrected chi connectivity index (χ2v) is 4.92. The van der Waals surface area contributed by atoms with E-state index in [-0.39, 0.29) is 0 Å². The molecule has 0 N–H and O–H groups in total. The van der Waals surface area contributed by atoms with Crippen molar-refractivity contribution in [3.05, 3.63) is 11.8 Å². The molecule has 5 nitrogen and oxygen atoms in total. The zero-order chi connectivity index (χ0) is 13.1. The Hall–Kier alpha value is -1.52. The first-order chi connectivity index (χ1) is 7.83. The maximum atomic E-state index is 11.8. The van der Waals surface area contributed by atoms with Gasteiger partial charge in [0, 0.05) is 12.7 Å². The highest BCUT2D eigenvalue weighted by atomic mass is 16.6. The summed E-state index contributed by atoms with van der Waals surface area (Å²) >= 11 is 0. The Kier molecular flexibility index (Phi) is 4.15. The van der Waals surface area contributed by atoms with Crippen LogP contribution in [0.25, 0.3) is 0 Å². The van der Waals surface area contributed by atoms with Crippen LogP contribution < -0.4 is 0 Å². The van der Waals surface area contributed by atoms with Crippen LogP contribution in [0.2, 0.25) is 0 Å². The van der Waals surface area contributed by atoms with E-state index in [1.807, 2.05) is 0 Å². The van der Waals surface area contributed by atoms with Gasteiger partial charge in [0.25, 0.3) is 0 Å². The molecule has 0 atom stereocenters. The lowest BCUT2D eigenvalue weighted by atomic mass is 10.1. The van der Waals surface area contributed by atoms with Crippen molar-refractivity contribution < 1.29 is 19.1 Å². The van der Waals surface area contributed by atoms with Gasteiger partial charge < -0.3 is 9.47 Å². The van der Waals surface area contributed by atoms with E-state index in [9.17, 15) is 9.59 Å². The molecule has 0 aromatic rings. The molecule has 0 aromatic heterocycles. The van der Waals surface area contributed by atoms with Crippen molar-refractivity contribution in [3.63, 3.8) is 0 Å². The fraction of sp³-hybridized carbons (Fsp3) is 0.667. The third kappa shape index (κ3) is 4.09. The second kappa shape index (κ2) is 5.21. The van der Waals surface area contributed by atoms with Gasteiger partial charge in [-0.05, 0) is 33.6 Å². The molecule has 1 aliphatic heterocycles. The van der Waals surface area contributed by atoms with Crippen LogP contribution in [0.4, 0.5) is 4.79 Å². The van der Waals surface area contributed by atoms with Crippen molar-refractivity contribution in [1.29, 1.82) is 0 Å². The van der Waals surface area contributed by atoms with Crippen molar-refractivity contribution in [2.24, 2.45) is 0 Å². The number of nitrogens with zero attached hydrogens (tertiary/aromatic N) is 1. The lowest BCUT2D eigenvalue weighted by Crippen LogP contribution is -2.36. The van der Waals surface area contributed by atoms with Gasteiger partial charge in [-0.25, -0.2) is 9.59 Å². The van der Waals surface area contributed by atoms with Gasteiger partial charge in [-0.2, -0.15) is 0 Å². The van der Waals surface area contributed by atoms with Gasteiger partial charge in [-0.1, -0.05) is 0 Å². The van der Waals surface area contributed by atoms with Crippen molar-refractivity contribution in [2.75, 3.05) is 13.7 Å². The van der Waals surface area contributed by atoms with E-state index in [2.05, 4.69) is 4.74 Å². The minimum absolute atomic E-state index is 0.391. The van der Waals surface area contributed by atoms with Crippen LogP contribution in [0.3, 0.4) is 0 Å². The number of carbonyl (C=O) groups excluding carboxylic acids is 2. The summed E-state index contributed by atoms with van der Waals surface area (Å²) in [5.74, 6) is -0.391. The Bertz CT molecular complexity index is 341. The molecule has 0 spiro atoms. The van der Waals surface area contributed by atoms with Crippen molar-refractivity contribution in [1.82, 2.24) is 4.90 Å². The molecule has 17 heavy (non-hydrogen) atoms. The largest absolute Gasteiger partial charge is 0.466 e. The molecule has 0 saturated heterocycles. The van der Waals surface area contributed by atoms with Gasteiger partial charge in [0.15, 0.2) is 0 Å². The highest BCUT2D eigenvalue weighted by molar-refractivity contribution is 5.89. The quantitative estimate of drug-likeness (QED) is 0.659. The first-order valence-corrected chi connectivity index (χ1v) is 5.62. The van der Waals surface area contributed by atoms with E-state index >= 15 is 0 Å². The molecule has 0 aromatic carbocycles. The summed E-state index contributed by atoms with van der Waals surface area (Å²) < 4.78 is 9.86. The minimum atomic E-state index is -0.534. The number of hydrogen-bond acceptors (Lipinski definition) is 4. The molecule has 1 amide bonds. The van der Waals surface area contributed by atoms with E-state index in [0.717, 1.165) is 6.42 Å². The standard InChI is InChI=1S/C12H19NO4/c1-12(2,3)17-11(15)13-7-5-6-9(8-13)10(14)16-4/h8H,5-7H2,1-4H3. The Morgan fingerprint density at radius 1 is 1.35 bits per heavy atom. The van der Waals surface area contributed by atoms with Crippen LogP contribution >= 0.6 is 0 Å². The molecule has 0 saturated carbocycles. The van der Waals surface area contributed by atoms with Crippen LogP contribution in [0, 0.1) is 0 Å². The normalized spacial score (nSPS) is 16.2. The highest BCUT2D eigenvalue weighted by Gasteiger charge is 2.25. The molecule has 5 heteroatoms. The predicted molar refractivity (Wildman–Crippen MR) is 62.3 cm³/mol. The van der Waals surface area contributed by atoms with E-state index in [1.165, 1.54) is 18.2 Å². The van der Waals surface area contributed by atoms with E-state index in [0.29, 0.717) is 18.5 Å². The lowest BCUT2D eigenvalue weighted by molar-refractivity contribution is -0.136. The van der Waals surface area contributed by atoms with Crippen LogP contribution in [0.5, 0.6) is 0 Å². The third-order valence-electron chi connectivity index (χ3n) is 2.23. The molecule has 0 aliphatic carbocycles. The first kappa shape index (κ1) is 13.5. The predicted octanol–water partition coefficient (Wildman–Crippen LogP) is 2.07. The van der Waals surface area contributed by atoms with E-state index < -0.39 is 17.7 Å². The van der Waals surface area contributed by atoms with Gasteiger partial charge in [0.2, 0.25) is 0 Å². The highest BCUT2D eigenvalue weighted by Crippen LogP contribution is 2.18. The number of carbonyl (C=O) groups is 2. The summed E-state index contributed by atoms with van der Waals surface area (Å²) in [5, 5.41) is 0. The molecule has 1 aliphatic rings. The molecule has 0 bridgehead atoms. The van der Waals surface area contributed by atoms with Gasteiger partial charge >= 0.3 is 12.1 Å². The van der Waals surface area contributed by atoms with Gasteiger partial charge in [0.05, 0.1) is 12.7 Å². The van der Waals surface area contributed by atoms with Gasteiger partial charge in [0.1, 0.15) is 5.60 Å². The van der Waals surface area contributed by atoms with Crippen molar-refractivity contribution in [3.8, 4) is 0 Å². The topological polar surface area (TPSA) is 55.8 Å². The summed E-state index contributed by atoms with van der Waals surface area (Å²) in [6.07, 6.45) is 2.45. The molecule has 1 rings (SSSR count). The van der Waals surface area contributed by atoms with Crippen molar-refractivity contribution >= 4 is 12.1 Å². The summed E-state index contributed by atoms with van der Waals surface area (Å²) in [4.78, 5) is 24.5. The summed E-state index contributed by atoms with van der Waals surface area (Å²) in [6, 6.07) is 0. The molecule has 96 valence electrons. The molecular weight excluding hydrogens is 222 g/mol. The summed E-state index contributed by atoms with van der Waals surface area (Å²) in [6.45, 7) is 5.98. The average Bonchev–Trinajstić information content (AvgIpc) is 2.26. The van der Waals surface area contributed by atoms with Crippen LogP contribution in [0.1, 0.15) is 33.6 Å². The van der Waals surface area contributed by atoms with E-state index in [4.69, 9.17) is 4.74 Å². The minimum Gasteiger partial charge on any atom is -0.466 e. The Morgan fingerprint density at radius 2 is 2.00 bits per heavy atom. The fourth-order valence-electron chi connectivity index (χ4n) is 1.51.